The van der Waals surface area contributed by atoms with Gasteiger partial charge >= 0.3 is 5.97 Å². The third kappa shape index (κ3) is 5.26. The number of carbonyl (C=O) groups excluding carboxylic acids is 1. The van der Waals surface area contributed by atoms with Crippen molar-refractivity contribution in [3.63, 3.8) is 0 Å². The number of methoxy groups -OCH3 is 1. The highest BCUT2D eigenvalue weighted by atomic mass is 35.5. The van der Waals surface area contributed by atoms with Gasteiger partial charge in [0.15, 0.2) is 11.5 Å². The Kier molecular flexibility index (Phi) is 6.90. The van der Waals surface area contributed by atoms with Crippen LogP contribution in [0.15, 0.2) is 48.5 Å². The number of ether oxygens (including phenoxy) is 3. The van der Waals surface area contributed by atoms with Gasteiger partial charge in [-0.25, -0.2) is 4.79 Å². The second-order valence-corrected chi connectivity index (χ2v) is 5.68. The van der Waals surface area contributed by atoms with Gasteiger partial charge in [0, 0.05) is 16.7 Å². The molecule has 0 aliphatic rings. The number of rotatable bonds is 7. The molecule has 0 bridgehead atoms. The summed E-state index contributed by atoms with van der Waals surface area (Å²) in [4.78, 5) is 12.0. The molecule has 0 heterocycles. The molecule has 0 aliphatic heterocycles. The lowest BCUT2D eigenvalue weighted by Crippen LogP contribution is -2.06. The Bertz CT molecular complexity index is 755. The Morgan fingerprint density at radius 1 is 1.20 bits per heavy atom. The van der Waals surface area contributed by atoms with Crippen LogP contribution in [0.4, 0.5) is 0 Å². The first-order valence-corrected chi connectivity index (χ1v) is 8.37. The molecule has 2 rings (SSSR count). The fraction of sp³-hybridized carbons (Fsp3) is 0.250. The molecule has 0 saturated heterocycles. The number of esters is 1. The van der Waals surface area contributed by atoms with Crippen LogP contribution in [0.1, 0.15) is 31.1 Å². The quantitative estimate of drug-likeness (QED) is 0.511. The maximum Gasteiger partial charge on any atom is 0.331 e. The van der Waals surface area contributed by atoms with Gasteiger partial charge in [-0.3, -0.25) is 0 Å². The Morgan fingerprint density at radius 3 is 2.64 bits per heavy atom. The Morgan fingerprint density at radius 2 is 1.96 bits per heavy atom. The van der Waals surface area contributed by atoms with E-state index in [4.69, 9.17) is 25.8 Å². The van der Waals surface area contributed by atoms with Gasteiger partial charge in [-0.15, -0.1) is 0 Å². The van der Waals surface area contributed by atoms with Crippen LogP contribution in [0.3, 0.4) is 0 Å². The van der Waals surface area contributed by atoms with Crippen molar-refractivity contribution in [2.75, 3.05) is 13.7 Å². The third-order valence-corrected chi connectivity index (χ3v) is 3.88. The average Bonchev–Trinajstić information content (AvgIpc) is 2.61. The van der Waals surface area contributed by atoms with E-state index in [1.807, 2.05) is 31.2 Å². The van der Waals surface area contributed by atoms with Crippen LogP contribution >= 0.6 is 11.6 Å². The summed E-state index contributed by atoms with van der Waals surface area (Å²) in [5.41, 5.74) is 1.58. The number of benzene rings is 2. The smallest absolute Gasteiger partial charge is 0.331 e. The molecule has 2 aromatic carbocycles. The van der Waals surface area contributed by atoms with E-state index in [1.54, 1.807) is 38.3 Å². The van der Waals surface area contributed by atoms with Crippen molar-refractivity contribution in [3.8, 4) is 11.5 Å². The van der Waals surface area contributed by atoms with Crippen LogP contribution in [-0.4, -0.2) is 19.7 Å². The highest BCUT2D eigenvalue weighted by molar-refractivity contribution is 6.31. The first kappa shape index (κ1) is 18.9. The van der Waals surface area contributed by atoms with Gasteiger partial charge in [0.1, 0.15) is 6.10 Å². The monoisotopic (exact) mass is 360 g/mol. The zero-order chi connectivity index (χ0) is 18.2. The van der Waals surface area contributed by atoms with E-state index in [9.17, 15) is 4.79 Å². The molecule has 25 heavy (non-hydrogen) atoms. The van der Waals surface area contributed by atoms with E-state index in [0.29, 0.717) is 23.1 Å². The summed E-state index contributed by atoms with van der Waals surface area (Å²) in [5.74, 6) is 0.833. The fourth-order valence-corrected chi connectivity index (χ4v) is 2.60. The van der Waals surface area contributed by atoms with Crippen LogP contribution in [0.25, 0.3) is 6.08 Å². The van der Waals surface area contributed by atoms with Crippen LogP contribution in [0, 0.1) is 0 Å². The summed E-state index contributed by atoms with van der Waals surface area (Å²) in [6.45, 7) is 4.24. The van der Waals surface area contributed by atoms with E-state index in [-0.39, 0.29) is 0 Å². The van der Waals surface area contributed by atoms with Crippen molar-refractivity contribution in [3.05, 3.63) is 64.7 Å². The van der Waals surface area contributed by atoms with Gasteiger partial charge in [-0.1, -0.05) is 35.9 Å². The second kappa shape index (κ2) is 9.14. The molecule has 5 heteroatoms. The van der Waals surface area contributed by atoms with Gasteiger partial charge in [-0.05, 0) is 43.7 Å². The maximum atomic E-state index is 12.0. The predicted octanol–water partition coefficient (Wildman–Crippen LogP) is 5.06. The number of hydrogen-bond acceptors (Lipinski definition) is 4. The third-order valence-electron chi connectivity index (χ3n) is 3.54. The molecule has 0 N–H and O–H groups in total. The lowest BCUT2D eigenvalue weighted by atomic mass is 10.1. The first-order chi connectivity index (χ1) is 12.0. The molecular weight excluding hydrogens is 340 g/mol. The minimum Gasteiger partial charge on any atom is -0.493 e. The number of halogens is 1. The SMILES string of the molecule is CCOc1ccc(/C=C/C(=O)O[C@H](C)c2ccccc2Cl)cc1OC. The minimum absolute atomic E-state index is 0.430. The van der Waals surface area contributed by atoms with Crippen LogP contribution < -0.4 is 9.47 Å². The molecule has 0 aliphatic carbocycles. The normalized spacial score (nSPS) is 12.0. The molecule has 0 unspecified atom stereocenters. The van der Waals surface area contributed by atoms with Gasteiger partial charge in [0.05, 0.1) is 13.7 Å². The topological polar surface area (TPSA) is 44.8 Å². The summed E-state index contributed by atoms with van der Waals surface area (Å²) in [5, 5.41) is 0.572. The van der Waals surface area contributed by atoms with Crippen molar-refractivity contribution in [1.29, 1.82) is 0 Å². The van der Waals surface area contributed by atoms with Crippen molar-refractivity contribution in [2.45, 2.75) is 20.0 Å². The standard InChI is InChI=1S/C20H21ClO4/c1-4-24-18-11-9-15(13-19(18)23-3)10-12-20(22)25-14(2)16-7-5-6-8-17(16)21/h5-14H,4H2,1-3H3/b12-10+/t14-/m1/s1. The minimum atomic E-state index is -0.444. The van der Waals surface area contributed by atoms with Gasteiger partial charge < -0.3 is 14.2 Å². The maximum absolute atomic E-state index is 12.0. The molecule has 4 nitrogen and oxygen atoms in total. The predicted molar refractivity (Wildman–Crippen MR) is 99.2 cm³/mol. The summed E-state index contributed by atoms with van der Waals surface area (Å²) in [7, 11) is 1.57. The van der Waals surface area contributed by atoms with Crippen molar-refractivity contribution >= 4 is 23.6 Å². The molecule has 0 amide bonds. The Labute approximate surface area is 153 Å². The van der Waals surface area contributed by atoms with Gasteiger partial charge in [0.2, 0.25) is 0 Å². The molecule has 0 aromatic heterocycles. The fourth-order valence-electron chi connectivity index (χ4n) is 2.31. The van der Waals surface area contributed by atoms with E-state index in [2.05, 4.69) is 0 Å². The lowest BCUT2D eigenvalue weighted by molar-refractivity contribution is -0.142. The van der Waals surface area contributed by atoms with Crippen LogP contribution in [0.2, 0.25) is 5.02 Å². The number of hydrogen-bond donors (Lipinski definition) is 0. The van der Waals surface area contributed by atoms with Crippen molar-refractivity contribution < 1.29 is 19.0 Å². The molecule has 0 radical (unpaired) electrons. The number of carbonyl (C=O) groups is 1. The summed E-state index contributed by atoms with van der Waals surface area (Å²) in [6, 6.07) is 12.7. The van der Waals surface area contributed by atoms with Crippen molar-refractivity contribution in [2.24, 2.45) is 0 Å². The van der Waals surface area contributed by atoms with E-state index in [0.717, 1.165) is 11.1 Å². The highest BCUT2D eigenvalue weighted by Gasteiger charge is 2.12. The molecule has 0 spiro atoms. The van der Waals surface area contributed by atoms with Crippen LogP contribution in [-0.2, 0) is 9.53 Å². The Balaban J connectivity index is 2.03. The molecule has 132 valence electrons. The molecule has 0 fully saturated rings. The molecular formula is C20H21ClO4. The van der Waals surface area contributed by atoms with Crippen molar-refractivity contribution in [1.82, 2.24) is 0 Å². The van der Waals surface area contributed by atoms with Gasteiger partial charge in [0.25, 0.3) is 0 Å². The Hall–Kier alpha value is -2.46. The van der Waals surface area contributed by atoms with E-state index >= 15 is 0 Å². The summed E-state index contributed by atoms with van der Waals surface area (Å²) in [6.07, 6.45) is 2.61. The molecule has 1 atom stereocenters. The van der Waals surface area contributed by atoms with E-state index < -0.39 is 12.1 Å². The summed E-state index contributed by atoms with van der Waals surface area (Å²) >= 11 is 6.11. The van der Waals surface area contributed by atoms with Gasteiger partial charge in [-0.2, -0.15) is 0 Å². The average molecular weight is 361 g/mol. The largest absolute Gasteiger partial charge is 0.493 e. The zero-order valence-electron chi connectivity index (χ0n) is 14.5. The first-order valence-electron chi connectivity index (χ1n) is 7.99. The second-order valence-electron chi connectivity index (χ2n) is 5.28. The van der Waals surface area contributed by atoms with Crippen LogP contribution in [0.5, 0.6) is 11.5 Å². The van der Waals surface area contributed by atoms with E-state index in [1.165, 1.54) is 6.08 Å². The highest BCUT2D eigenvalue weighted by Crippen LogP contribution is 2.29. The summed E-state index contributed by atoms with van der Waals surface area (Å²) < 4.78 is 16.2. The lowest BCUT2D eigenvalue weighted by Gasteiger charge is -2.13. The zero-order valence-corrected chi connectivity index (χ0v) is 15.2. The molecule has 2 aromatic rings. The molecule has 0 saturated carbocycles.